The van der Waals surface area contributed by atoms with Crippen molar-refractivity contribution < 1.29 is 5.11 Å². The second kappa shape index (κ2) is 6.58. The molecule has 19 heavy (non-hydrogen) atoms. The van der Waals surface area contributed by atoms with Gasteiger partial charge in [0.1, 0.15) is 0 Å². The van der Waals surface area contributed by atoms with Crippen molar-refractivity contribution in [3.05, 3.63) is 0 Å². The fourth-order valence-corrected chi connectivity index (χ4v) is 4.45. The van der Waals surface area contributed by atoms with Crippen LogP contribution < -0.4 is 5.73 Å². The molecule has 0 aliphatic heterocycles. The minimum atomic E-state index is -0.147. The highest BCUT2D eigenvalue weighted by Crippen LogP contribution is 2.46. The van der Waals surface area contributed by atoms with Gasteiger partial charge in [-0.15, -0.1) is 0 Å². The Labute approximate surface area is 119 Å². The van der Waals surface area contributed by atoms with Crippen molar-refractivity contribution in [2.75, 3.05) is 6.54 Å². The van der Waals surface area contributed by atoms with Crippen LogP contribution in [-0.4, -0.2) is 17.8 Å². The van der Waals surface area contributed by atoms with Crippen LogP contribution in [0.3, 0.4) is 0 Å². The number of aliphatic hydroxyl groups is 1. The van der Waals surface area contributed by atoms with Crippen LogP contribution in [0.25, 0.3) is 0 Å². The number of aliphatic hydroxyl groups excluding tert-OH is 1. The van der Waals surface area contributed by atoms with Crippen LogP contribution >= 0.6 is 0 Å². The zero-order valence-corrected chi connectivity index (χ0v) is 12.9. The Morgan fingerprint density at radius 2 is 1.58 bits per heavy atom. The van der Waals surface area contributed by atoms with Crippen LogP contribution in [0.15, 0.2) is 0 Å². The standard InChI is InChI=1S/C17H33NO/c1-13(2)14-8-10-17(12-18,11-9-14)16(19)15-6-4-3-5-7-15/h13-16,19H,3-12,18H2,1-2H3. The van der Waals surface area contributed by atoms with Crippen LogP contribution in [0.5, 0.6) is 0 Å². The lowest BCUT2D eigenvalue weighted by atomic mass is 9.61. The van der Waals surface area contributed by atoms with E-state index in [9.17, 15) is 5.11 Å². The molecule has 0 saturated heterocycles. The fourth-order valence-electron chi connectivity index (χ4n) is 4.45. The lowest BCUT2D eigenvalue weighted by molar-refractivity contribution is -0.0565. The van der Waals surface area contributed by atoms with Crippen molar-refractivity contribution >= 4 is 0 Å². The van der Waals surface area contributed by atoms with E-state index in [2.05, 4.69) is 13.8 Å². The highest BCUT2D eigenvalue weighted by atomic mass is 16.3. The third kappa shape index (κ3) is 3.33. The van der Waals surface area contributed by atoms with Crippen molar-refractivity contribution in [2.45, 2.75) is 77.7 Å². The van der Waals surface area contributed by atoms with Crippen molar-refractivity contribution in [1.29, 1.82) is 0 Å². The SMILES string of the molecule is CC(C)C1CCC(CN)(C(O)C2CCCCC2)CC1. The van der Waals surface area contributed by atoms with E-state index in [1.165, 1.54) is 44.9 Å². The predicted octanol–water partition coefficient (Wildman–Crippen LogP) is 3.72. The first-order chi connectivity index (χ1) is 9.09. The first-order valence-corrected chi connectivity index (χ1v) is 8.47. The molecule has 2 nitrogen and oxygen atoms in total. The summed E-state index contributed by atoms with van der Waals surface area (Å²) in [5, 5.41) is 10.9. The highest BCUT2D eigenvalue weighted by molar-refractivity contribution is 4.95. The topological polar surface area (TPSA) is 46.2 Å². The van der Waals surface area contributed by atoms with Crippen molar-refractivity contribution in [1.82, 2.24) is 0 Å². The van der Waals surface area contributed by atoms with Gasteiger partial charge in [-0.05, 0) is 56.3 Å². The minimum Gasteiger partial charge on any atom is -0.392 e. The molecule has 2 saturated carbocycles. The monoisotopic (exact) mass is 267 g/mol. The van der Waals surface area contributed by atoms with Crippen molar-refractivity contribution in [2.24, 2.45) is 28.9 Å². The summed E-state index contributed by atoms with van der Waals surface area (Å²) in [4.78, 5) is 0. The minimum absolute atomic E-state index is 0.0351. The van der Waals surface area contributed by atoms with E-state index >= 15 is 0 Å². The van der Waals surface area contributed by atoms with E-state index < -0.39 is 0 Å². The second-order valence-corrected chi connectivity index (χ2v) is 7.49. The van der Waals surface area contributed by atoms with E-state index in [1.54, 1.807) is 0 Å². The molecule has 0 bridgehead atoms. The maximum atomic E-state index is 10.9. The number of rotatable bonds is 4. The first-order valence-electron chi connectivity index (χ1n) is 8.47. The van der Waals surface area contributed by atoms with Crippen LogP contribution in [-0.2, 0) is 0 Å². The number of hydrogen-bond acceptors (Lipinski definition) is 2. The molecule has 0 radical (unpaired) electrons. The quantitative estimate of drug-likeness (QED) is 0.815. The maximum Gasteiger partial charge on any atom is 0.0636 e. The molecular weight excluding hydrogens is 234 g/mol. The van der Waals surface area contributed by atoms with Gasteiger partial charge in [-0.1, -0.05) is 33.1 Å². The smallest absolute Gasteiger partial charge is 0.0636 e. The molecule has 2 heteroatoms. The Hall–Kier alpha value is -0.0800. The molecule has 0 spiro atoms. The van der Waals surface area contributed by atoms with Crippen LogP contribution in [0.1, 0.15) is 71.6 Å². The van der Waals surface area contributed by atoms with E-state index in [0.29, 0.717) is 12.5 Å². The summed E-state index contributed by atoms with van der Waals surface area (Å²) in [6, 6.07) is 0. The lowest BCUT2D eigenvalue weighted by Crippen LogP contribution is -2.48. The molecule has 2 aliphatic carbocycles. The summed E-state index contributed by atoms with van der Waals surface area (Å²) in [7, 11) is 0. The molecule has 1 atom stereocenters. The molecule has 0 aromatic rings. The van der Waals surface area contributed by atoms with Gasteiger partial charge in [-0.25, -0.2) is 0 Å². The Morgan fingerprint density at radius 1 is 1.00 bits per heavy atom. The van der Waals surface area contributed by atoms with E-state index in [4.69, 9.17) is 5.73 Å². The molecule has 2 fully saturated rings. The molecule has 2 aliphatic rings. The molecule has 0 aromatic heterocycles. The molecule has 1 unspecified atom stereocenters. The fraction of sp³-hybridized carbons (Fsp3) is 1.00. The molecule has 2 rings (SSSR count). The van der Waals surface area contributed by atoms with Crippen LogP contribution in [0, 0.1) is 23.2 Å². The number of hydrogen-bond donors (Lipinski definition) is 2. The molecular formula is C17H33NO. The number of nitrogens with two attached hydrogens (primary N) is 1. The Balaban J connectivity index is 1.98. The van der Waals surface area contributed by atoms with E-state index in [-0.39, 0.29) is 11.5 Å². The summed E-state index contributed by atoms with van der Waals surface area (Å²) >= 11 is 0. The average molecular weight is 267 g/mol. The lowest BCUT2D eigenvalue weighted by Gasteiger charge is -2.47. The van der Waals surface area contributed by atoms with Crippen LogP contribution in [0.4, 0.5) is 0 Å². The summed E-state index contributed by atoms with van der Waals surface area (Å²) in [6.45, 7) is 5.34. The van der Waals surface area contributed by atoms with Gasteiger partial charge in [0.25, 0.3) is 0 Å². The summed E-state index contributed by atoms with van der Waals surface area (Å²) < 4.78 is 0. The average Bonchev–Trinajstić information content (AvgIpc) is 2.47. The zero-order valence-electron chi connectivity index (χ0n) is 12.9. The third-order valence-electron chi connectivity index (χ3n) is 6.10. The third-order valence-corrected chi connectivity index (χ3v) is 6.10. The Kier molecular flexibility index (Phi) is 5.30. The molecule has 112 valence electrons. The highest BCUT2D eigenvalue weighted by Gasteiger charge is 2.43. The van der Waals surface area contributed by atoms with Gasteiger partial charge in [-0.2, -0.15) is 0 Å². The molecule has 0 amide bonds. The van der Waals surface area contributed by atoms with Gasteiger partial charge >= 0.3 is 0 Å². The van der Waals surface area contributed by atoms with Gasteiger partial charge in [0, 0.05) is 12.0 Å². The molecule has 0 aromatic carbocycles. The van der Waals surface area contributed by atoms with Gasteiger partial charge in [0.05, 0.1) is 6.10 Å². The predicted molar refractivity (Wildman–Crippen MR) is 80.9 cm³/mol. The largest absolute Gasteiger partial charge is 0.392 e. The summed E-state index contributed by atoms with van der Waals surface area (Å²) in [5.74, 6) is 2.15. The van der Waals surface area contributed by atoms with Gasteiger partial charge in [0.2, 0.25) is 0 Å². The Morgan fingerprint density at radius 3 is 2.05 bits per heavy atom. The van der Waals surface area contributed by atoms with Gasteiger partial charge < -0.3 is 10.8 Å². The van der Waals surface area contributed by atoms with Crippen molar-refractivity contribution in [3.8, 4) is 0 Å². The molecule has 0 heterocycles. The second-order valence-electron chi connectivity index (χ2n) is 7.49. The summed E-state index contributed by atoms with van der Waals surface area (Å²) in [5.41, 5.74) is 6.14. The Bertz CT molecular complexity index is 262. The zero-order chi connectivity index (χ0) is 13.9. The van der Waals surface area contributed by atoms with Crippen LogP contribution in [0.2, 0.25) is 0 Å². The maximum absolute atomic E-state index is 10.9. The van der Waals surface area contributed by atoms with E-state index in [1.807, 2.05) is 0 Å². The van der Waals surface area contributed by atoms with Gasteiger partial charge in [0.15, 0.2) is 0 Å². The van der Waals surface area contributed by atoms with Gasteiger partial charge in [-0.3, -0.25) is 0 Å². The molecule has 3 N–H and O–H groups in total. The summed E-state index contributed by atoms with van der Waals surface area (Å²) in [6.07, 6.45) is 11.1. The first kappa shape index (κ1) is 15.3. The normalized spacial score (nSPS) is 35.5. The van der Waals surface area contributed by atoms with Crippen molar-refractivity contribution in [3.63, 3.8) is 0 Å². The van der Waals surface area contributed by atoms with E-state index in [0.717, 1.165) is 24.7 Å².